The number of aromatic nitrogens is 2. The van der Waals surface area contributed by atoms with E-state index in [4.69, 9.17) is 0 Å². The number of H-pyrrole nitrogens is 1. The number of benzene rings is 1. The van der Waals surface area contributed by atoms with Crippen LogP contribution in [0.3, 0.4) is 0 Å². The lowest BCUT2D eigenvalue weighted by atomic mass is 10.1. The SMILES string of the molecule is Cc1[nH]c2c(C(=O)Nc3nccs3)cccc2c1C. The zero-order chi connectivity index (χ0) is 13.4. The van der Waals surface area contributed by atoms with Crippen molar-refractivity contribution in [1.82, 2.24) is 9.97 Å². The smallest absolute Gasteiger partial charge is 0.259 e. The van der Waals surface area contributed by atoms with E-state index in [2.05, 4.69) is 22.2 Å². The van der Waals surface area contributed by atoms with Gasteiger partial charge in [-0.05, 0) is 25.5 Å². The monoisotopic (exact) mass is 271 g/mol. The topological polar surface area (TPSA) is 57.8 Å². The number of nitrogens with one attached hydrogen (secondary N) is 2. The highest BCUT2D eigenvalue weighted by Gasteiger charge is 2.14. The molecule has 0 saturated heterocycles. The van der Waals surface area contributed by atoms with Crippen LogP contribution >= 0.6 is 11.3 Å². The molecule has 0 fully saturated rings. The summed E-state index contributed by atoms with van der Waals surface area (Å²) in [6.45, 7) is 4.06. The van der Waals surface area contributed by atoms with Gasteiger partial charge in [-0.3, -0.25) is 10.1 Å². The molecule has 0 radical (unpaired) electrons. The third-order valence-electron chi connectivity index (χ3n) is 3.24. The molecular formula is C14H13N3OS. The highest BCUT2D eigenvalue weighted by molar-refractivity contribution is 7.13. The van der Waals surface area contributed by atoms with E-state index in [-0.39, 0.29) is 5.91 Å². The molecule has 0 aliphatic rings. The summed E-state index contributed by atoms with van der Waals surface area (Å²) in [6.07, 6.45) is 1.67. The summed E-state index contributed by atoms with van der Waals surface area (Å²) in [5.41, 5.74) is 3.79. The Bertz CT molecular complexity index is 743. The molecule has 1 amide bonds. The molecule has 0 saturated carbocycles. The predicted molar refractivity (Wildman–Crippen MR) is 77.8 cm³/mol. The lowest BCUT2D eigenvalue weighted by molar-refractivity contribution is 0.102. The molecule has 5 heteroatoms. The summed E-state index contributed by atoms with van der Waals surface area (Å²) in [5.74, 6) is -0.137. The van der Waals surface area contributed by atoms with Gasteiger partial charge in [0.15, 0.2) is 5.13 Å². The maximum atomic E-state index is 12.3. The molecule has 96 valence electrons. The van der Waals surface area contributed by atoms with Crippen LogP contribution in [0.25, 0.3) is 10.9 Å². The van der Waals surface area contributed by atoms with Gasteiger partial charge in [-0.25, -0.2) is 4.98 Å². The van der Waals surface area contributed by atoms with Crippen LogP contribution in [0.4, 0.5) is 5.13 Å². The molecule has 1 aromatic carbocycles. The van der Waals surface area contributed by atoms with Crippen LogP contribution in [0.1, 0.15) is 21.6 Å². The quantitative estimate of drug-likeness (QED) is 0.749. The van der Waals surface area contributed by atoms with Crippen LogP contribution in [0.15, 0.2) is 29.8 Å². The van der Waals surface area contributed by atoms with Gasteiger partial charge in [-0.2, -0.15) is 0 Å². The molecular weight excluding hydrogens is 258 g/mol. The number of hydrogen-bond donors (Lipinski definition) is 2. The summed E-state index contributed by atoms with van der Waals surface area (Å²) in [6, 6.07) is 5.74. The van der Waals surface area contributed by atoms with Crippen molar-refractivity contribution in [2.45, 2.75) is 13.8 Å². The van der Waals surface area contributed by atoms with Gasteiger partial charge in [0, 0.05) is 22.7 Å². The fraction of sp³-hybridized carbons (Fsp3) is 0.143. The van der Waals surface area contributed by atoms with Crippen molar-refractivity contribution >= 4 is 33.3 Å². The number of carbonyl (C=O) groups excluding carboxylic acids is 1. The van der Waals surface area contributed by atoms with Crippen LogP contribution in [0, 0.1) is 13.8 Å². The van der Waals surface area contributed by atoms with Gasteiger partial charge in [0.25, 0.3) is 5.91 Å². The number of nitrogens with zero attached hydrogens (tertiary/aromatic N) is 1. The molecule has 19 heavy (non-hydrogen) atoms. The van der Waals surface area contributed by atoms with Gasteiger partial charge >= 0.3 is 0 Å². The second-order valence-corrected chi connectivity index (χ2v) is 5.29. The fourth-order valence-electron chi connectivity index (χ4n) is 2.12. The van der Waals surface area contributed by atoms with Crippen LogP contribution in [-0.2, 0) is 0 Å². The van der Waals surface area contributed by atoms with Crippen LogP contribution in [0.5, 0.6) is 0 Å². The van der Waals surface area contributed by atoms with Crippen molar-refractivity contribution in [1.29, 1.82) is 0 Å². The minimum atomic E-state index is -0.137. The van der Waals surface area contributed by atoms with E-state index in [1.807, 2.05) is 30.5 Å². The Labute approximate surface area is 114 Å². The van der Waals surface area contributed by atoms with E-state index in [0.717, 1.165) is 16.6 Å². The minimum Gasteiger partial charge on any atom is -0.358 e. The molecule has 2 heterocycles. The van der Waals surface area contributed by atoms with Gasteiger partial charge in [-0.1, -0.05) is 12.1 Å². The Morgan fingerprint density at radius 2 is 2.21 bits per heavy atom. The average Bonchev–Trinajstić information content (AvgIpc) is 2.99. The van der Waals surface area contributed by atoms with Gasteiger partial charge in [0.2, 0.25) is 0 Å². The van der Waals surface area contributed by atoms with Crippen molar-refractivity contribution < 1.29 is 4.79 Å². The van der Waals surface area contributed by atoms with Gasteiger partial charge in [0.05, 0.1) is 11.1 Å². The molecule has 2 N–H and O–H groups in total. The van der Waals surface area contributed by atoms with Crippen molar-refractivity contribution in [2.24, 2.45) is 0 Å². The fourth-order valence-corrected chi connectivity index (χ4v) is 2.65. The normalized spacial score (nSPS) is 10.8. The molecule has 3 aromatic rings. The van der Waals surface area contributed by atoms with Gasteiger partial charge in [0.1, 0.15) is 0 Å². The molecule has 0 unspecified atom stereocenters. The van der Waals surface area contributed by atoms with E-state index in [1.54, 1.807) is 6.20 Å². The number of carbonyl (C=O) groups is 1. The Morgan fingerprint density at radius 1 is 1.37 bits per heavy atom. The lowest BCUT2D eigenvalue weighted by Gasteiger charge is -2.03. The molecule has 3 rings (SSSR count). The third-order valence-corrected chi connectivity index (χ3v) is 3.93. The Kier molecular flexibility index (Phi) is 2.83. The molecule has 0 aliphatic carbocycles. The van der Waals surface area contributed by atoms with Gasteiger partial charge in [-0.15, -0.1) is 11.3 Å². The van der Waals surface area contributed by atoms with E-state index in [1.165, 1.54) is 16.9 Å². The zero-order valence-electron chi connectivity index (χ0n) is 10.7. The number of rotatable bonds is 2. The molecule has 4 nitrogen and oxygen atoms in total. The zero-order valence-corrected chi connectivity index (χ0v) is 11.5. The first-order valence-corrected chi connectivity index (χ1v) is 6.83. The van der Waals surface area contributed by atoms with Crippen molar-refractivity contribution in [3.8, 4) is 0 Å². The van der Waals surface area contributed by atoms with E-state index >= 15 is 0 Å². The van der Waals surface area contributed by atoms with Crippen molar-refractivity contribution in [3.05, 3.63) is 46.6 Å². The number of amides is 1. The third kappa shape index (κ3) is 2.02. The Morgan fingerprint density at radius 3 is 2.95 bits per heavy atom. The summed E-state index contributed by atoms with van der Waals surface area (Å²) >= 11 is 1.41. The standard InChI is InChI=1S/C14H13N3OS/c1-8-9(2)16-12-10(8)4-3-5-11(12)13(18)17-14-15-6-7-19-14/h3-7,16H,1-2H3,(H,15,17,18). The largest absolute Gasteiger partial charge is 0.358 e. The summed E-state index contributed by atoms with van der Waals surface area (Å²) in [7, 11) is 0. The first-order valence-electron chi connectivity index (χ1n) is 5.95. The van der Waals surface area contributed by atoms with Crippen LogP contribution < -0.4 is 5.32 Å². The number of para-hydroxylation sites is 1. The number of fused-ring (bicyclic) bond motifs is 1. The molecule has 2 aromatic heterocycles. The van der Waals surface area contributed by atoms with Crippen LogP contribution in [-0.4, -0.2) is 15.9 Å². The first-order chi connectivity index (χ1) is 9.16. The number of thiazole rings is 1. The van der Waals surface area contributed by atoms with E-state index < -0.39 is 0 Å². The van der Waals surface area contributed by atoms with Crippen LogP contribution in [0.2, 0.25) is 0 Å². The maximum absolute atomic E-state index is 12.3. The van der Waals surface area contributed by atoms with Crippen molar-refractivity contribution in [2.75, 3.05) is 5.32 Å². The molecule has 0 bridgehead atoms. The number of hydrogen-bond acceptors (Lipinski definition) is 3. The van der Waals surface area contributed by atoms with Gasteiger partial charge < -0.3 is 4.98 Å². The summed E-state index contributed by atoms with van der Waals surface area (Å²) in [4.78, 5) is 19.6. The van der Waals surface area contributed by atoms with Crippen molar-refractivity contribution in [3.63, 3.8) is 0 Å². The second-order valence-electron chi connectivity index (χ2n) is 4.39. The number of anilines is 1. The summed E-state index contributed by atoms with van der Waals surface area (Å²) in [5, 5.41) is 6.34. The predicted octanol–water partition coefficient (Wildman–Crippen LogP) is 3.49. The van der Waals surface area contributed by atoms with E-state index in [0.29, 0.717) is 10.7 Å². The highest BCUT2D eigenvalue weighted by atomic mass is 32.1. The number of aryl methyl sites for hydroxylation is 2. The highest BCUT2D eigenvalue weighted by Crippen LogP contribution is 2.25. The molecule has 0 spiro atoms. The minimum absolute atomic E-state index is 0.137. The summed E-state index contributed by atoms with van der Waals surface area (Å²) < 4.78 is 0. The molecule has 0 aliphatic heterocycles. The maximum Gasteiger partial charge on any atom is 0.259 e. The Hall–Kier alpha value is -2.14. The Balaban J connectivity index is 2.05. The average molecular weight is 271 g/mol. The first kappa shape index (κ1) is 11.9. The molecule has 0 atom stereocenters. The second kappa shape index (κ2) is 4.51. The number of aromatic amines is 1. The lowest BCUT2D eigenvalue weighted by Crippen LogP contribution is -2.12. The van der Waals surface area contributed by atoms with E-state index in [9.17, 15) is 4.79 Å².